The van der Waals surface area contributed by atoms with Crippen molar-refractivity contribution in [1.29, 1.82) is 0 Å². The first-order valence-corrected chi connectivity index (χ1v) is 6.43. The molecule has 17 heavy (non-hydrogen) atoms. The number of primary amides is 1. The fourth-order valence-corrected chi connectivity index (χ4v) is 2.72. The summed E-state index contributed by atoms with van der Waals surface area (Å²) in [5.74, 6) is -0.329. The van der Waals surface area contributed by atoms with Crippen LogP contribution in [-0.2, 0) is 4.79 Å². The van der Waals surface area contributed by atoms with Crippen LogP contribution in [0, 0.1) is 0 Å². The van der Waals surface area contributed by atoms with E-state index in [9.17, 15) is 4.79 Å². The van der Waals surface area contributed by atoms with E-state index in [1.54, 1.807) is 11.8 Å². The lowest BCUT2D eigenvalue weighted by molar-refractivity contribution is -0.124. The van der Waals surface area contributed by atoms with E-state index >= 15 is 0 Å². The first-order chi connectivity index (χ1) is 7.98. The Morgan fingerprint density at radius 1 is 1.76 bits per heavy atom. The van der Waals surface area contributed by atoms with Crippen LogP contribution in [0.25, 0.3) is 0 Å². The number of nitrogens with zero attached hydrogens (tertiary/aromatic N) is 2. The second-order valence-electron chi connectivity index (χ2n) is 4.15. The lowest BCUT2D eigenvalue weighted by Gasteiger charge is -2.29. The first kappa shape index (κ1) is 14.0. The number of hydrogen-bond donors (Lipinski definition) is 3. The third-order valence-corrected chi connectivity index (χ3v) is 3.50. The van der Waals surface area contributed by atoms with Crippen LogP contribution in [0.5, 0.6) is 0 Å². The van der Waals surface area contributed by atoms with Crippen molar-refractivity contribution in [1.82, 2.24) is 20.5 Å². The lowest BCUT2D eigenvalue weighted by Crippen LogP contribution is -2.54. The number of thioether (sulfide) groups is 1. The van der Waals surface area contributed by atoms with Crippen molar-refractivity contribution in [2.75, 3.05) is 6.54 Å². The average molecular weight is 257 g/mol. The zero-order valence-corrected chi connectivity index (χ0v) is 11.2. The fraction of sp³-hybridized carbons (Fsp3) is 0.700. The molecule has 1 aromatic rings. The van der Waals surface area contributed by atoms with Crippen LogP contribution in [0.15, 0.2) is 11.5 Å². The number of carbonyl (C=O) groups is 1. The highest BCUT2D eigenvalue weighted by atomic mass is 32.2. The molecule has 6 nitrogen and oxygen atoms in total. The van der Waals surface area contributed by atoms with Gasteiger partial charge in [-0.15, -0.1) is 0 Å². The molecular formula is C10H19N5OS. The van der Waals surface area contributed by atoms with Gasteiger partial charge in [-0.25, -0.2) is 4.98 Å². The SMILES string of the molecule is CCNC(C)(CC(C)Sc1ncn[nH]1)C(N)=O. The Hall–Kier alpha value is -1.08. The molecule has 0 aliphatic heterocycles. The summed E-state index contributed by atoms with van der Waals surface area (Å²) in [6, 6.07) is 0. The minimum Gasteiger partial charge on any atom is -0.368 e. The van der Waals surface area contributed by atoms with Gasteiger partial charge in [0.15, 0.2) is 5.16 Å². The van der Waals surface area contributed by atoms with Crippen molar-refractivity contribution >= 4 is 17.7 Å². The molecule has 0 saturated heterocycles. The Morgan fingerprint density at radius 3 is 2.94 bits per heavy atom. The summed E-state index contributed by atoms with van der Waals surface area (Å²) in [5.41, 5.74) is 4.75. The van der Waals surface area contributed by atoms with E-state index in [0.29, 0.717) is 13.0 Å². The van der Waals surface area contributed by atoms with Crippen LogP contribution in [0.4, 0.5) is 0 Å². The van der Waals surface area contributed by atoms with Gasteiger partial charge in [0.2, 0.25) is 5.91 Å². The summed E-state index contributed by atoms with van der Waals surface area (Å²) in [5, 5.41) is 10.7. The van der Waals surface area contributed by atoms with Crippen LogP contribution in [0.1, 0.15) is 27.2 Å². The number of hydrogen-bond acceptors (Lipinski definition) is 5. The summed E-state index contributed by atoms with van der Waals surface area (Å²) in [7, 11) is 0. The van der Waals surface area contributed by atoms with Crippen molar-refractivity contribution in [3.63, 3.8) is 0 Å². The molecule has 0 bridgehead atoms. The molecule has 0 aliphatic rings. The summed E-state index contributed by atoms with van der Waals surface area (Å²) >= 11 is 1.54. The Morgan fingerprint density at radius 2 is 2.47 bits per heavy atom. The lowest BCUT2D eigenvalue weighted by atomic mass is 9.95. The van der Waals surface area contributed by atoms with Gasteiger partial charge < -0.3 is 11.1 Å². The third-order valence-electron chi connectivity index (χ3n) is 2.51. The smallest absolute Gasteiger partial charge is 0.237 e. The summed E-state index contributed by atoms with van der Waals surface area (Å²) in [6.45, 7) is 6.52. The molecule has 0 aromatic carbocycles. The largest absolute Gasteiger partial charge is 0.368 e. The minimum absolute atomic E-state index is 0.208. The predicted molar refractivity (Wildman–Crippen MR) is 67.6 cm³/mol. The van der Waals surface area contributed by atoms with Gasteiger partial charge in [0.05, 0.1) is 5.54 Å². The van der Waals surface area contributed by atoms with E-state index in [4.69, 9.17) is 5.73 Å². The minimum atomic E-state index is -0.679. The summed E-state index contributed by atoms with van der Waals surface area (Å²) < 4.78 is 0. The molecule has 1 amide bonds. The number of nitrogens with two attached hydrogens (primary N) is 1. The molecule has 1 aromatic heterocycles. The number of aromatic nitrogens is 3. The number of carbonyl (C=O) groups excluding carboxylic acids is 1. The van der Waals surface area contributed by atoms with Gasteiger partial charge in [0.1, 0.15) is 6.33 Å². The predicted octanol–water partition coefficient (Wildman–Crippen LogP) is 0.529. The van der Waals surface area contributed by atoms with Crippen LogP contribution in [0.2, 0.25) is 0 Å². The van der Waals surface area contributed by atoms with E-state index in [1.165, 1.54) is 6.33 Å². The number of likely N-dealkylation sites (N-methyl/N-ethyl adjacent to an activating group) is 1. The molecule has 7 heteroatoms. The average Bonchev–Trinajstić information content (AvgIpc) is 2.70. The summed E-state index contributed by atoms with van der Waals surface area (Å²) in [6.07, 6.45) is 2.11. The zero-order valence-electron chi connectivity index (χ0n) is 10.4. The van der Waals surface area contributed by atoms with E-state index < -0.39 is 5.54 Å². The van der Waals surface area contributed by atoms with Gasteiger partial charge in [0.25, 0.3) is 0 Å². The molecule has 0 fully saturated rings. The fourth-order valence-electron chi connectivity index (χ4n) is 1.71. The maximum Gasteiger partial charge on any atom is 0.237 e. The number of H-pyrrole nitrogens is 1. The van der Waals surface area contributed by atoms with Crippen LogP contribution in [-0.4, -0.2) is 38.4 Å². The van der Waals surface area contributed by atoms with Gasteiger partial charge in [-0.3, -0.25) is 9.89 Å². The van der Waals surface area contributed by atoms with Crippen LogP contribution in [0.3, 0.4) is 0 Å². The maximum absolute atomic E-state index is 11.5. The Balaban J connectivity index is 2.58. The molecule has 2 unspecified atom stereocenters. The number of amides is 1. The monoisotopic (exact) mass is 257 g/mol. The van der Waals surface area contributed by atoms with E-state index in [2.05, 4.69) is 20.5 Å². The van der Waals surface area contributed by atoms with Crippen LogP contribution < -0.4 is 11.1 Å². The van der Waals surface area contributed by atoms with Crippen molar-refractivity contribution in [3.8, 4) is 0 Å². The number of aromatic amines is 1. The van der Waals surface area contributed by atoms with E-state index in [-0.39, 0.29) is 11.2 Å². The second kappa shape index (κ2) is 6.02. The molecular weight excluding hydrogens is 238 g/mol. The Labute approximate surface area is 105 Å². The third kappa shape index (κ3) is 4.01. The number of rotatable bonds is 7. The molecule has 0 spiro atoms. The van der Waals surface area contributed by atoms with E-state index in [0.717, 1.165) is 5.16 Å². The quantitative estimate of drug-likeness (QED) is 0.619. The van der Waals surface area contributed by atoms with Gasteiger partial charge in [-0.05, 0) is 19.9 Å². The van der Waals surface area contributed by atoms with Crippen molar-refractivity contribution in [3.05, 3.63) is 6.33 Å². The molecule has 1 heterocycles. The Bertz CT molecular complexity index is 356. The van der Waals surface area contributed by atoms with Crippen LogP contribution >= 0.6 is 11.8 Å². The van der Waals surface area contributed by atoms with Gasteiger partial charge in [-0.2, -0.15) is 5.10 Å². The van der Waals surface area contributed by atoms with Gasteiger partial charge >= 0.3 is 0 Å². The van der Waals surface area contributed by atoms with Crippen molar-refractivity contribution in [2.45, 2.75) is 43.1 Å². The summed E-state index contributed by atoms with van der Waals surface area (Å²) in [4.78, 5) is 15.5. The molecule has 1 rings (SSSR count). The Kier molecular flexibility index (Phi) is 4.95. The maximum atomic E-state index is 11.5. The van der Waals surface area contributed by atoms with E-state index in [1.807, 2.05) is 20.8 Å². The first-order valence-electron chi connectivity index (χ1n) is 5.55. The highest BCUT2D eigenvalue weighted by molar-refractivity contribution is 7.99. The van der Waals surface area contributed by atoms with Crippen molar-refractivity contribution in [2.24, 2.45) is 5.73 Å². The molecule has 2 atom stereocenters. The van der Waals surface area contributed by atoms with Gasteiger partial charge in [-0.1, -0.05) is 25.6 Å². The highest BCUT2D eigenvalue weighted by Gasteiger charge is 2.32. The molecule has 0 radical (unpaired) electrons. The van der Waals surface area contributed by atoms with Crippen molar-refractivity contribution < 1.29 is 4.79 Å². The topological polar surface area (TPSA) is 96.7 Å². The molecule has 96 valence electrons. The normalized spacial score (nSPS) is 16.4. The molecule has 4 N–H and O–H groups in total. The highest BCUT2D eigenvalue weighted by Crippen LogP contribution is 2.25. The second-order valence-corrected chi connectivity index (χ2v) is 5.58. The molecule has 0 aliphatic carbocycles. The number of nitrogens with one attached hydrogen (secondary N) is 2. The molecule has 0 saturated carbocycles. The van der Waals surface area contributed by atoms with Gasteiger partial charge in [0, 0.05) is 5.25 Å². The standard InChI is InChI=1S/C10H19N5OS/c1-4-13-10(3,8(11)16)5-7(2)17-9-12-6-14-15-9/h6-7,13H,4-5H2,1-3H3,(H2,11,16)(H,12,14,15). The zero-order chi connectivity index (χ0) is 12.9.